The van der Waals surface area contributed by atoms with Crippen LogP contribution in [-0.2, 0) is 4.74 Å². The Morgan fingerprint density at radius 1 is 1.60 bits per heavy atom. The van der Waals surface area contributed by atoms with Crippen molar-refractivity contribution in [1.29, 1.82) is 0 Å². The summed E-state index contributed by atoms with van der Waals surface area (Å²) in [5.74, 6) is 0. The van der Waals surface area contributed by atoms with Gasteiger partial charge in [-0.15, -0.1) is 6.58 Å². The summed E-state index contributed by atoms with van der Waals surface area (Å²) < 4.78 is 3.93. The first kappa shape index (κ1) is 11.5. The van der Waals surface area contributed by atoms with Crippen LogP contribution < -0.4 is 0 Å². The molecule has 0 aromatic heterocycles. The fourth-order valence-corrected chi connectivity index (χ4v) is 0.126. The molecule has 0 spiro atoms. The lowest BCUT2D eigenvalue weighted by atomic mass is 10.7. The molecule has 3 heteroatoms. The van der Waals surface area contributed by atoms with Gasteiger partial charge in [0.15, 0.2) is 0 Å². The third kappa shape index (κ3) is 29.5. The maximum absolute atomic E-state index is 9.48. The van der Waals surface area contributed by atoms with Gasteiger partial charge in [-0.1, -0.05) is 12.2 Å². The standard InChI is InChI=1S/C4H6O3.C3H6/c1-2-3-7-4(5)6;1-3-2/h2-3H,1H3,(H,5,6);3H,1H2,2H3/b3-2-;. The van der Waals surface area contributed by atoms with Gasteiger partial charge in [-0.3, -0.25) is 0 Å². The highest BCUT2D eigenvalue weighted by molar-refractivity contribution is 5.57. The van der Waals surface area contributed by atoms with Crippen LogP contribution in [0.4, 0.5) is 4.79 Å². The van der Waals surface area contributed by atoms with Crippen molar-refractivity contribution in [3.05, 3.63) is 25.0 Å². The zero-order valence-corrected chi connectivity index (χ0v) is 6.20. The van der Waals surface area contributed by atoms with E-state index in [1.54, 1.807) is 13.0 Å². The van der Waals surface area contributed by atoms with Gasteiger partial charge in [-0.05, 0) is 13.8 Å². The molecule has 0 aliphatic rings. The van der Waals surface area contributed by atoms with Crippen molar-refractivity contribution in [1.82, 2.24) is 0 Å². The fraction of sp³-hybridized carbons (Fsp3) is 0.286. The quantitative estimate of drug-likeness (QED) is 0.349. The molecule has 0 aromatic rings. The molecular formula is C7H12O3. The Balaban J connectivity index is 0. The highest BCUT2D eigenvalue weighted by Crippen LogP contribution is 1.75. The molecule has 3 nitrogen and oxygen atoms in total. The van der Waals surface area contributed by atoms with Crippen LogP contribution in [-0.4, -0.2) is 11.3 Å². The first-order chi connectivity index (χ1) is 4.68. The fourth-order valence-electron chi connectivity index (χ4n) is 0.126. The summed E-state index contributed by atoms with van der Waals surface area (Å²) in [5.41, 5.74) is 0. The summed E-state index contributed by atoms with van der Waals surface area (Å²) in [6.07, 6.45) is 3.06. The van der Waals surface area contributed by atoms with Crippen molar-refractivity contribution in [2.75, 3.05) is 0 Å². The molecule has 0 rings (SSSR count). The minimum Gasteiger partial charge on any atom is -0.449 e. The van der Waals surface area contributed by atoms with E-state index in [1.807, 2.05) is 6.92 Å². The zero-order valence-electron chi connectivity index (χ0n) is 6.20. The Hall–Kier alpha value is -1.25. The second-order valence-corrected chi connectivity index (χ2v) is 1.26. The predicted octanol–water partition coefficient (Wildman–Crippen LogP) is 2.41. The smallest absolute Gasteiger partial charge is 0.449 e. The summed E-state index contributed by atoms with van der Waals surface area (Å²) in [6, 6.07) is 0. The molecule has 0 bridgehead atoms. The average Bonchev–Trinajstić information content (AvgIpc) is 1.85. The number of hydrogen-bond donors (Lipinski definition) is 1. The second-order valence-electron chi connectivity index (χ2n) is 1.26. The Morgan fingerprint density at radius 2 is 2.00 bits per heavy atom. The van der Waals surface area contributed by atoms with E-state index in [4.69, 9.17) is 5.11 Å². The Labute approximate surface area is 60.6 Å². The maximum Gasteiger partial charge on any atom is 0.510 e. The molecule has 0 saturated carbocycles. The van der Waals surface area contributed by atoms with E-state index in [2.05, 4.69) is 11.3 Å². The third-order valence-corrected chi connectivity index (χ3v) is 0.305. The maximum atomic E-state index is 9.48. The number of rotatable bonds is 1. The average molecular weight is 144 g/mol. The first-order valence-corrected chi connectivity index (χ1v) is 2.76. The number of ether oxygens (including phenoxy) is 1. The minimum atomic E-state index is -1.28. The highest BCUT2D eigenvalue weighted by atomic mass is 16.7. The Kier molecular flexibility index (Phi) is 12.3. The largest absolute Gasteiger partial charge is 0.510 e. The van der Waals surface area contributed by atoms with Crippen LogP contribution in [0.15, 0.2) is 25.0 Å². The van der Waals surface area contributed by atoms with E-state index in [-0.39, 0.29) is 0 Å². The molecule has 1 N–H and O–H groups in total. The predicted molar refractivity (Wildman–Crippen MR) is 39.8 cm³/mol. The number of carboxylic acid groups (broad SMARTS) is 1. The van der Waals surface area contributed by atoms with Crippen LogP contribution in [0.2, 0.25) is 0 Å². The van der Waals surface area contributed by atoms with Crippen LogP contribution >= 0.6 is 0 Å². The summed E-state index contributed by atoms with van der Waals surface area (Å²) in [7, 11) is 0. The van der Waals surface area contributed by atoms with Gasteiger partial charge < -0.3 is 9.84 Å². The molecule has 0 amide bonds. The van der Waals surface area contributed by atoms with Crippen LogP contribution in [0.5, 0.6) is 0 Å². The molecule has 0 radical (unpaired) electrons. The third-order valence-electron chi connectivity index (χ3n) is 0.305. The first-order valence-electron chi connectivity index (χ1n) is 2.76. The van der Waals surface area contributed by atoms with Gasteiger partial charge in [0, 0.05) is 0 Å². The summed E-state index contributed by atoms with van der Waals surface area (Å²) in [6.45, 7) is 6.92. The minimum absolute atomic E-state index is 1.10. The molecule has 0 aliphatic heterocycles. The van der Waals surface area contributed by atoms with Crippen LogP contribution in [0.1, 0.15) is 13.8 Å². The highest BCUT2D eigenvalue weighted by Gasteiger charge is 1.85. The van der Waals surface area contributed by atoms with Crippen molar-refractivity contribution in [3.8, 4) is 0 Å². The van der Waals surface area contributed by atoms with E-state index in [0.29, 0.717) is 0 Å². The van der Waals surface area contributed by atoms with Gasteiger partial charge in [-0.25, -0.2) is 4.79 Å². The molecule has 0 aromatic carbocycles. The van der Waals surface area contributed by atoms with Gasteiger partial charge in [0.2, 0.25) is 0 Å². The summed E-state index contributed by atoms with van der Waals surface area (Å²) in [4.78, 5) is 9.48. The van der Waals surface area contributed by atoms with E-state index < -0.39 is 6.16 Å². The van der Waals surface area contributed by atoms with Gasteiger partial charge in [0.05, 0.1) is 6.26 Å². The van der Waals surface area contributed by atoms with Crippen molar-refractivity contribution in [3.63, 3.8) is 0 Å². The second kappa shape index (κ2) is 10.7. The SMILES string of the molecule is C/C=C\OC(=O)O.C=CC. The molecule has 0 unspecified atom stereocenters. The van der Waals surface area contributed by atoms with Crippen molar-refractivity contribution < 1.29 is 14.6 Å². The Bertz CT molecular complexity index is 116. The lowest BCUT2D eigenvalue weighted by molar-refractivity contribution is 0.128. The lowest BCUT2D eigenvalue weighted by Crippen LogP contribution is -1.90. The van der Waals surface area contributed by atoms with E-state index >= 15 is 0 Å². The van der Waals surface area contributed by atoms with Crippen molar-refractivity contribution in [2.24, 2.45) is 0 Å². The normalized spacial score (nSPS) is 7.80. The summed E-state index contributed by atoms with van der Waals surface area (Å²) >= 11 is 0. The number of hydrogen-bond acceptors (Lipinski definition) is 2. The van der Waals surface area contributed by atoms with Gasteiger partial charge in [-0.2, -0.15) is 0 Å². The topological polar surface area (TPSA) is 46.5 Å². The molecule has 0 aliphatic carbocycles. The van der Waals surface area contributed by atoms with Crippen molar-refractivity contribution >= 4 is 6.16 Å². The van der Waals surface area contributed by atoms with Crippen LogP contribution in [0, 0.1) is 0 Å². The van der Waals surface area contributed by atoms with Gasteiger partial charge >= 0.3 is 6.16 Å². The van der Waals surface area contributed by atoms with Crippen LogP contribution in [0.25, 0.3) is 0 Å². The lowest BCUT2D eigenvalue weighted by Gasteiger charge is -1.83. The van der Waals surface area contributed by atoms with Crippen molar-refractivity contribution in [2.45, 2.75) is 13.8 Å². The number of allylic oxidation sites excluding steroid dienone is 2. The molecule has 0 saturated heterocycles. The van der Waals surface area contributed by atoms with Gasteiger partial charge in [0.25, 0.3) is 0 Å². The van der Waals surface area contributed by atoms with Gasteiger partial charge in [0.1, 0.15) is 0 Å². The summed E-state index contributed by atoms with van der Waals surface area (Å²) in [5, 5.41) is 7.77. The zero-order chi connectivity index (χ0) is 8.41. The molecule has 0 fully saturated rings. The van der Waals surface area contributed by atoms with E-state index in [0.717, 1.165) is 6.26 Å². The molecule has 10 heavy (non-hydrogen) atoms. The molecule has 0 heterocycles. The molecule has 0 atom stereocenters. The monoisotopic (exact) mass is 144 g/mol. The molecular weight excluding hydrogens is 132 g/mol. The van der Waals surface area contributed by atoms with E-state index in [1.165, 1.54) is 6.08 Å². The van der Waals surface area contributed by atoms with E-state index in [9.17, 15) is 4.79 Å². The molecule has 58 valence electrons. The van der Waals surface area contributed by atoms with Crippen LogP contribution in [0.3, 0.4) is 0 Å². The Morgan fingerprint density at radius 3 is 2.10 bits per heavy atom. The number of carbonyl (C=O) groups is 1.